The van der Waals surface area contributed by atoms with Gasteiger partial charge in [-0.2, -0.15) is 5.10 Å². The second-order valence-corrected chi connectivity index (χ2v) is 6.99. The number of aromatic nitrogens is 2. The molecule has 0 spiro atoms. The van der Waals surface area contributed by atoms with Crippen LogP contribution in [0.4, 0.5) is 10.1 Å². The minimum Gasteiger partial charge on any atom is -0.495 e. The summed E-state index contributed by atoms with van der Waals surface area (Å²) in [5.41, 5.74) is 2.16. The highest BCUT2D eigenvalue weighted by molar-refractivity contribution is 7.20. The number of para-hydroxylation sites is 2. The lowest BCUT2D eigenvalue weighted by Gasteiger charge is -2.08. The van der Waals surface area contributed by atoms with Crippen LogP contribution in [0.5, 0.6) is 5.75 Å². The number of thiophene rings is 1. The molecule has 0 aliphatic rings. The van der Waals surface area contributed by atoms with E-state index in [4.69, 9.17) is 4.74 Å². The van der Waals surface area contributed by atoms with E-state index in [1.54, 1.807) is 36.1 Å². The van der Waals surface area contributed by atoms with Crippen molar-refractivity contribution in [2.45, 2.75) is 6.92 Å². The van der Waals surface area contributed by atoms with Gasteiger partial charge in [-0.05, 0) is 49.4 Å². The molecular weight excluding hydrogens is 365 g/mol. The summed E-state index contributed by atoms with van der Waals surface area (Å²) in [6, 6.07) is 15.2. The number of nitrogens with zero attached hydrogens (tertiary/aromatic N) is 2. The molecule has 0 saturated carbocycles. The van der Waals surface area contributed by atoms with Gasteiger partial charge in [0.15, 0.2) is 0 Å². The Labute approximate surface area is 159 Å². The summed E-state index contributed by atoms with van der Waals surface area (Å²) in [5.74, 6) is 0.0771. The Balaban J connectivity index is 1.70. The number of aryl methyl sites for hydroxylation is 1. The Morgan fingerprint density at radius 2 is 1.93 bits per heavy atom. The molecule has 0 aliphatic carbocycles. The van der Waals surface area contributed by atoms with Gasteiger partial charge in [0, 0.05) is 5.39 Å². The average molecular weight is 381 g/mol. The van der Waals surface area contributed by atoms with E-state index in [1.165, 1.54) is 23.5 Å². The van der Waals surface area contributed by atoms with E-state index in [9.17, 15) is 9.18 Å². The van der Waals surface area contributed by atoms with Crippen molar-refractivity contribution in [3.05, 3.63) is 71.0 Å². The summed E-state index contributed by atoms with van der Waals surface area (Å²) in [6.07, 6.45) is 0. The number of amides is 1. The molecular formula is C20H16FN3O2S. The van der Waals surface area contributed by atoms with Crippen molar-refractivity contribution in [1.29, 1.82) is 0 Å². The second-order valence-electron chi connectivity index (χ2n) is 5.96. The van der Waals surface area contributed by atoms with Gasteiger partial charge in [-0.15, -0.1) is 11.3 Å². The summed E-state index contributed by atoms with van der Waals surface area (Å²) in [5, 5.41) is 8.29. The highest BCUT2D eigenvalue weighted by atomic mass is 32.1. The Hall–Kier alpha value is -3.19. The van der Waals surface area contributed by atoms with Gasteiger partial charge in [0.1, 0.15) is 16.4 Å². The molecule has 2 aromatic heterocycles. The number of anilines is 1. The van der Waals surface area contributed by atoms with Crippen LogP contribution >= 0.6 is 11.3 Å². The number of carbonyl (C=O) groups excluding carboxylic acids is 1. The molecule has 27 heavy (non-hydrogen) atoms. The summed E-state index contributed by atoms with van der Waals surface area (Å²) >= 11 is 1.34. The topological polar surface area (TPSA) is 56.1 Å². The van der Waals surface area contributed by atoms with E-state index in [2.05, 4.69) is 10.4 Å². The van der Waals surface area contributed by atoms with Crippen LogP contribution in [0, 0.1) is 12.7 Å². The summed E-state index contributed by atoms with van der Waals surface area (Å²) < 4.78 is 20.2. The maximum atomic E-state index is 13.2. The SMILES string of the molecule is COc1ccccc1NC(=O)c1cc2c(C)nn(-c3ccc(F)cc3)c2s1. The van der Waals surface area contributed by atoms with Crippen molar-refractivity contribution in [3.63, 3.8) is 0 Å². The van der Waals surface area contributed by atoms with E-state index < -0.39 is 0 Å². The summed E-state index contributed by atoms with van der Waals surface area (Å²) in [4.78, 5) is 14.1. The lowest BCUT2D eigenvalue weighted by molar-refractivity contribution is 0.103. The van der Waals surface area contributed by atoms with Crippen molar-refractivity contribution in [2.24, 2.45) is 0 Å². The fourth-order valence-corrected chi connectivity index (χ4v) is 3.93. The molecule has 0 radical (unpaired) electrons. The summed E-state index contributed by atoms with van der Waals surface area (Å²) in [7, 11) is 1.56. The standard InChI is InChI=1S/C20H16FN3O2S/c1-12-15-11-18(19(25)22-16-5-3-4-6-17(16)26-2)27-20(15)24(23-12)14-9-7-13(21)8-10-14/h3-11H,1-2H3,(H,22,25). The van der Waals surface area contributed by atoms with Gasteiger partial charge in [0.2, 0.25) is 0 Å². The van der Waals surface area contributed by atoms with Gasteiger partial charge < -0.3 is 10.1 Å². The van der Waals surface area contributed by atoms with E-state index >= 15 is 0 Å². The second kappa shape index (κ2) is 6.85. The fraction of sp³-hybridized carbons (Fsp3) is 0.100. The Bertz CT molecular complexity index is 1130. The number of ether oxygens (including phenoxy) is 1. The smallest absolute Gasteiger partial charge is 0.265 e. The molecule has 1 N–H and O–H groups in total. The highest BCUT2D eigenvalue weighted by Gasteiger charge is 2.18. The lowest BCUT2D eigenvalue weighted by Crippen LogP contribution is -2.11. The maximum Gasteiger partial charge on any atom is 0.265 e. The Kier molecular flexibility index (Phi) is 4.37. The molecule has 0 unspecified atom stereocenters. The molecule has 4 aromatic rings. The van der Waals surface area contributed by atoms with Crippen molar-refractivity contribution < 1.29 is 13.9 Å². The predicted octanol–water partition coefficient (Wildman–Crippen LogP) is 4.80. The zero-order chi connectivity index (χ0) is 19.0. The van der Waals surface area contributed by atoms with Crippen molar-refractivity contribution >= 4 is 33.1 Å². The van der Waals surface area contributed by atoms with Crippen LogP contribution in [0.3, 0.4) is 0 Å². The van der Waals surface area contributed by atoms with E-state index in [0.29, 0.717) is 16.3 Å². The minimum absolute atomic E-state index is 0.217. The first kappa shape index (κ1) is 17.2. The molecule has 2 heterocycles. The molecule has 136 valence electrons. The number of hydrogen-bond donors (Lipinski definition) is 1. The van der Waals surface area contributed by atoms with Crippen LogP contribution in [0.1, 0.15) is 15.4 Å². The van der Waals surface area contributed by atoms with Crippen LogP contribution in [-0.2, 0) is 0 Å². The number of nitrogens with one attached hydrogen (secondary N) is 1. The number of hydrogen-bond acceptors (Lipinski definition) is 4. The van der Waals surface area contributed by atoms with E-state index in [0.717, 1.165) is 21.6 Å². The number of fused-ring (bicyclic) bond motifs is 1. The third-order valence-corrected chi connectivity index (χ3v) is 5.30. The third-order valence-electron chi connectivity index (χ3n) is 4.19. The number of rotatable bonds is 4. The summed E-state index contributed by atoms with van der Waals surface area (Å²) in [6.45, 7) is 1.89. The lowest BCUT2D eigenvalue weighted by atomic mass is 10.2. The average Bonchev–Trinajstić information content (AvgIpc) is 3.24. The normalized spacial score (nSPS) is 10.9. The molecule has 5 nitrogen and oxygen atoms in total. The molecule has 0 bridgehead atoms. The number of benzene rings is 2. The van der Waals surface area contributed by atoms with Gasteiger partial charge >= 0.3 is 0 Å². The first-order chi connectivity index (χ1) is 13.1. The minimum atomic E-state index is -0.304. The Morgan fingerprint density at radius 3 is 2.67 bits per heavy atom. The number of carbonyl (C=O) groups is 1. The quantitative estimate of drug-likeness (QED) is 0.553. The molecule has 0 fully saturated rings. The van der Waals surface area contributed by atoms with Crippen LogP contribution < -0.4 is 10.1 Å². The van der Waals surface area contributed by atoms with Crippen LogP contribution in [0.2, 0.25) is 0 Å². The molecule has 0 atom stereocenters. The molecule has 0 aliphatic heterocycles. The molecule has 0 saturated heterocycles. The predicted molar refractivity (Wildman–Crippen MR) is 105 cm³/mol. The monoisotopic (exact) mass is 381 g/mol. The fourth-order valence-electron chi connectivity index (χ4n) is 2.85. The number of halogens is 1. The van der Waals surface area contributed by atoms with Crippen LogP contribution in [-0.4, -0.2) is 22.8 Å². The van der Waals surface area contributed by atoms with Crippen molar-refractivity contribution in [1.82, 2.24) is 9.78 Å². The number of methoxy groups -OCH3 is 1. The molecule has 2 aromatic carbocycles. The molecule has 1 amide bonds. The zero-order valence-electron chi connectivity index (χ0n) is 14.7. The Morgan fingerprint density at radius 1 is 1.19 bits per heavy atom. The molecule has 4 rings (SSSR count). The maximum absolute atomic E-state index is 13.2. The van der Waals surface area contributed by atoms with Crippen molar-refractivity contribution in [2.75, 3.05) is 12.4 Å². The van der Waals surface area contributed by atoms with Gasteiger partial charge in [-0.3, -0.25) is 4.79 Å². The van der Waals surface area contributed by atoms with Gasteiger partial charge in [-0.25, -0.2) is 9.07 Å². The zero-order valence-corrected chi connectivity index (χ0v) is 15.5. The van der Waals surface area contributed by atoms with Crippen LogP contribution in [0.25, 0.3) is 15.9 Å². The van der Waals surface area contributed by atoms with Crippen LogP contribution in [0.15, 0.2) is 54.6 Å². The highest BCUT2D eigenvalue weighted by Crippen LogP contribution is 2.32. The van der Waals surface area contributed by atoms with Gasteiger partial charge in [-0.1, -0.05) is 12.1 Å². The van der Waals surface area contributed by atoms with Gasteiger partial charge in [0.25, 0.3) is 5.91 Å². The third kappa shape index (κ3) is 3.17. The first-order valence-electron chi connectivity index (χ1n) is 8.26. The first-order valence-corrected chi connectivity index (χ1v) is 9.08. The van der Waals surface area contributed by atoms with Crippen molar-refractivity contribution in [3.8, 4) is 11.4 Å². The van der Waals surface area contributed by atoms with E-state index in [-0.39, 0.29) is 11.7 Å². The van der Waals surface area contributed by atoms with Gasteiger partial charge in [0.05, 0.1) is 29.1 Å². The largest absolute Gasteiger partial charge is 0.495 e. The van der Waals surface area contributed by atoms with E-state index in [1.807, 2.05) is 25.1 Å². The molecule has 7 heteroatoms.